The van der Waals surface area contributed by atoms with E-state index in [0.29, 0.717) is 0 Å². The first kappa shape index (κ1) is 14.8. The third-order valence-corrected chi connectivity index (χ3v) is 2.77. The van der Waals surface area contributed by atoms with Crippen molar-refractivity contribution in [2.24, 2.45) is 0 Å². The van der Waals surface area contributed by atoms with Crippen molar-refractivity contribution in [1.29, 1.82) is 0 Å². The number of nitrogens with zero attached hydrogens (tertiary/aromatic N) is 1. The molecule has 0 heterocycles. The molecule has 4 heteroatoms. The smallest absolute Gasteiger partial charge is 0.237 e. The van der Waals surface area contributed by atoms with Crippen LogP contribution in [-0.2, 0) is 4.79 Å². The molecule has 0 bridgehead atoms. The minimum absolute atomic E-state index is 0.0101. The highest BCUT2D eigenvalue weighted by Crippen LogP contribution is 2.05. The van der Waals surface area contributed by atoms with E-state index >= 15 is 0 Å². The quantitative estimate of drug-likeness (QED) is 0.622. The van der Waals surface area contributed by atoms with Gasteiger partial charge in [-0.1, -0.05) is 20.8 Å². The van der Waals surface area contributed by atoms with Crippen molar-refractivity contribution in [3.63, 3.8) is 0 Å². The van der Waals surface area contributed by atoms with Crippen LogP contribution in [0.3, 0.4) is 0 Å². The molecule has 0 aliphatic carbocycles. The molecular weight excluding hydrogens is 208 g/mol. The Morgan fingerprint density at radius 1 is 1.33 bits per heavy atom. The summed E-state index contributed by atoms with van der Waals surface area (Å²) in [6.45, 7) is 8.82. The second kappa shape index (κ2) is 9.04. The molecule has 1 N–H and O–H groups in total. The standard InChI is InChI=1S/C11H24N2OS/c1-4-8-12-11(14)10(7-9-15)13(5-2)6-3/h10,15H,4-9H2,1-3H3,(H,12,14). The van der Waals surface area contributed by atoms with E-state index < -0.39 is 0 Å². The zero-order valence-electron chi connectivity index (χ0n) is 10.1. The zero-order chi connectivity index (χ0) is 11.7. The summed E-state index contributed by atoms with van der Waals surface area (Å²) in [5.74, 6) is 0.898. The highest BCUT2D eigenvalue weighted by molar-refractivity contribution is 7.80. The molecule has 0 aliphatic rings. The lowest BCUT2D eigenvalue weighted by Gasteiger charge is -2.28. The van der Waals surface area contributed by atoms with Gasteiger partial charge in [0.1, 0.15) is 0 Å². The van der Waals surface area contributed by atoms with Crippen molar-refractivity contribution in [2.45, 2.75) is 39.7 Å². The van der Waals surface area contributed by atoms with Crippen LogP contribution < -0.4 is 5.32 Å². The fourth-order valence-corrected chi connectivity index (χ4v) is 1.88. The van der Waals surface area contributed by atoms with E-state index in [-0.39, 0.29) is 11.9 Å². The predicted molar refractivity (Wildman–Crippen MR) is 68.5 cm³/mol. The molecule has 0 rings (SSSR count). The van der Waals surface area contributed by atoms with Gasteiger partial charge in [-0.2, -0.15) is 12.6 Å². The first-order valence-electron chi connectivity index (χ1n) is 5.83. The van der Waals surface area contributed by atoms with Gasteiger partial charge in [0.05, 0.1) is 6.04 Å². The summed E-state index contributed by atoms with van der Waals surface area (Å²) >= 11 is 4.21. The molecule has 0 aliphatic heterocycles. The van der Waals surface area contributed by atoms with E-state index in [9.17, 15) is 4.79 Å². The third kappa shape index (κ3) is 5.42. The maximum absolute atomic E-state index is 11.9. The monoisotopic (exact) mass is 232 g/mol. The lowest BCUT2D eigenvalue weighted by molar-refractivity contribution is -0.126. The highest BCUT2D eigenvalue weighted by Gasteiger charge is 2.22. The minimum Gasteiger partial charge on any atom is -0.355 e. The van der Waals surface area contributed by atoms with Gasteiger partial charge in [-0.15, -0.1) is 0 Å². The van der Waals surface area contributed by atoms with Gasteiger partial charge in [-0.25, -0.2) is 0 Å². The summed E-state index contributed by atoms with van der Waals surface area (Å²) < 4.78 is 0. The summed E-state index contributed by atoms with van der Waals surface area (Å²) in [4.78, 5) is 14.0. The van der Waals surface area contributed by atoms with Crippen LogP contribution >= 0.6 is 12.6 Å². The van der Waals surface area contributed by atoms with Crippen LogP contribution in [0.25, 0.3) is 0 Å². The fraction of sp³-hybridized carbons (Fsp3) is 0.909. The predicted octanol–water partition coefficient (Wildman–Crippen LogP) is 1.54. The normalized spacial score (nSPS) is 12.9. The molecule has 15 heavy (non-hydrogen) atoms. The van der Waals surface area contributed by atoms with Crippen molar-refractivity contribution < 1.29 is 4.79 Å². The van der Waals surface area contributed by atoms with Crippen LogP contribution in [0.4, 0.5) is 0 Å². The summed E-state index contributed by atoms with van der Waals surface area (Å²) in [6, 6.07) is -0.0101. The molecule has 1 atom stereocenters. The molecule has 1 unspecified atom stereocenters. The van der Waals surface area contributed by atoms with Crippen molar-refractivity contribution >= 4 is 18.5 Å². The number of carbonyl (C=O) groups excluding carboxylic acids is 1. The number of rotatable bonds is 8. The van der Waals surface area contributed by atoms with Crippen LogP contribution in [0.2, 0.25) is 0 Å². The SMILES string of the molecule is CCCNC(=O)C(CCS)N(CC)CC. The molecule has 0 saturated heterocycles. The largest absolute Gasteiger partial charge is 0.355 e. The van der Waals surface area contributed by atoms with Crippen molar-refractivity contribution in [1.82, 2.24) is 10.2 Å². The Morgan fingerprint density at radius 3 is 2.33 bits per heavy atom. The summed E-state index contributed by atoms with van der Waals surface area (Å²) in [7, 11) is 0. The van der Waals surface area contributed by atoms with Gasteiger partial charge in [0.2, 0.25) is 5.91 Å². The number of nitrogens with one attached hydrogen (secondary N) is 1. The number of thiol groups is 1. The first-order chi connectivity index (χ1) is 7.21. The molecule has 0 aromatic heterocycles. The minimum atomic E-state index is -0.0101. The Labute approximate surface area is 99.0 Å². The van der Waals surface area contributed by atoms with Gasteiger partial charge in [0.25, 0.3) is 0 Å². The molecule has 0 spiro atoms. The van der Waals surface area contributed by atoms with E-state index in [0.717, 1.165) is 38.2 Å². The molecule has 0 radical (unpaired) electrons. The van der Waals surface area contributed by atoms with Crippen LogP contribution in [0.1, 0.15) is 33.6 Å². The number of amides is 1. The molecule has 0 saturated carbocycles. The van der Waals surface area contributed by atoms with Gasteiger partial charge in [0.15, 0.2) is 0 Å². The number of hydrogen-bond acceptors (Lipinski definition) is 3. The molecule has 0 aromatic rings. The van der Waals surface area contributed by atoms with Crippen LogP contribution in [-0.4, -0.2) is 42.2 Å². The van der Waals surface area contributed by atoms with Gasteiger partial charge >= 0.3 is 0 Å². The molecule has 90 valence electrons. The molecule has 0 fully saturated rings. The van der Waals surface area contributed by atoms with Crippen molar-refractivity contribution in [3.8, 4) is 0 Å². The average molecular weight is 232 g/mol. The summed E-state index contributed by atoms with van der Waals surface area (Å²) in [6.07, 6.45) is 1.80. The average Bonchev–Trinajstić information content (AvgIpc) is 2.26. The lowest BCUT2D eigenvalue weighted by Crippen LogP contribution is -2.47. The molecule has 1 amide bonds. The first-order valence-corrected chi connectivity index (χ1v) is 6.47. The fourth-order valence-electron chi connectivity index (χ4n) is 1.63. The van der Waals surface area contributed by atoms with Crippen LogP contribution in [0, 0.1) is 0 Å². The number of likely N-dealkylation sites (N-methyl/N-ethyl adjacent to an activating group) is 1. The topological polar surface area (TPSA) is 32.3 Å². The van der Waals surface area contributed by atoms with Crippen LogP contribution in [0.5, 0.6) is 0 Å². The Kier molecular flexibility index (Phi) is 8.91. The highest BCUT2D eigenvalue weighted by atomic mass is 32.1. The lowest BCUT2D eigenvalue weighted by atomic mass is 10.1. The Balaban J connectivity index is 4.28. The van der Waals surface area contributed by atoms with E-state index in [4.69, 9.17) is 0 Å². The Hall–Kier alpha value is -0.220. The zero-order valence-corrected chi connectivity index (χ0v) is 11.0. The third-order valence-electron chi connectivity index (χ3n) is 2.51. The maximum atomic E-state index is 11.9. The Bertz CT molecular complexity index is 172. The van der Waals surface area contributed by atoms with E-state index in [1.165, 1.54) is 0 Å². The van der Waals surface area contributed by atoms with E-state index in [1.807, 2.05) is 0 Å². The second-order valence-corrected chi connectivity index (χ2v) is 3.99. The second-order valence-electron chi connectivity index (χ2n) is 3.54. The molecular formula is C11H24N2OS. The number of hydrogen-bond donors (Lipinski definition) is 2. The van der Waals surface area contributed by atoms with E-state index in [2.05, 4.69) is 43.6 Å². The Morgan fingerprint density at radius 2 is 1.93 bits per heavy atom. The molecule has 3 nitrogen and oxygen atoms in total. The van der Waals surface area contributed by atoms with Gasteiger partial charge in [-0.3, -0.25) is 9.69 Å². The van der Waals surface area contributed by atoms with Crippen LogP contribution in [0.15, 0.2) is 0 Å². The maximum Gasteiger partial charge on any atom is 0.237 e. The van der Waals surface area contributed by atoms with Gasteiger partial charge in [0, 0.05) is 6.54 Å². The van der Waals surface area contributed by atoms with Crippen molar-refractivity contribution in [2.75, 3.05) is 25.4 Å². The van der Waals surface area contributed by atoms with Crippen molar-refractivity contribution in [3.05, 3.63) is 0 Å². The van der Waals surface area contributed by atoms with Gasteiger partial charge < -0.3 is 5.32 Å². The van der Waals surface area contributed by atoms with E-state index in [1.54, 1.807) is 0 Å². The number of carbonyl (C=O) groups is 1. The molecule has 0 aromatic carbocycles. The summed E-state index contributed by atoms with van der Waals surface area (Å²) in [5, 5.41) is 2.95. The summed E-state index contributed by atoms with van der Waals surface area (Å²) in [5.41, 5.74) is 0. The van der Waals surface area contributed by atoms with Gasteiger partial charge in [-0.05, 0) is 31.7 Å².